The highest BCUT2D eigenvalue weighted by Gasteiger charge is 2.35. The number of rotatable bonds is 6. The monoisotopic (exact) mass is 662 g/mol. The van der Waals surface area contributed by atoms with Crippen molar-refractivity contribution in [2.45, 2.75) is 65.2 Å². The second kappa shape index (κ2) is 12.7. The summed E-state index contributed by atoms with van der Waals surface area (Å²) in [6.07, 6.45) is 6.56. The summed E-state index contributed by atoms with van der Waals surface area (Å²) in [5.74, 6) is 2.06. The molecule has 6 aromatic rings. The predicted octanol–water partition coefficient (Wildman–Crippen LogP) is 9.47. The molecule has 252 valence electrons. The van der Waals surface area contributed by atoms with E-state index >= 15 is 0 Å². The lowest BCUT2D eigenvalue weighted by atomic mass is 9.72. The fourth-order valence-electron chi connectivity index (χ4n) is 8.85. The fourth-order valence-corrected chi connectivity index (χ4v) is 8.85. The van der Waals surface area contributed by atoms with Crippen LogP contribution in [0, 0.1) is 27.7 Å². The summed E-state index contributed by atoms with van der Waals surface area (Å²) in [5.41, 5.74) is 12.3. The summed E-state index contributed by atoms with van der Waals surface area (Å²) in [7, 11) is 0. The van der Waals surface area contributed by atoms with Gasteiger partial charge in [-0.15, -0.1) is 0 Å². The van der Waals surface area contributed by atoms with Crippen molar-refractivity contribution in [3.63, 3.8) is 0 Å². The minimum absolute atomic E-state index is 0.265. The molecule has 0 saturated carbocycles. The van der Waals surface area contributed by atoms with Gasteiger partial charge in [0.1, 0.15) is 11.5 Å². The minimum Gasteiger partial charge on any atom is -0.465 e. The minimum atomic E-state index is -0.265. The van der Waals surface area contributed by atoms with Gasteiger partial charge in [0.05, 0.1) is 0 Å². The SMILES string of the molecule is Cc1ccccc1-c1cccc2c1=CC(C)(c1ccccc1C)CC=2OC1=c2cccc(-c3ccccc3C)c2=CC(C)(c2ccccc2C)C1. The van der Waals surface area contributed by atoms with Crippen molar-refractivity contribution >= 4 is 23.7 Å². The molecule has 0 aromatic heterocycles. The smallest absolute Gasteiger partial charge is 0.113 e. The Morgan fingerprint density at radius 2 is 0.745 bits per heavy atom. The van der Waals surface area contributed by atoms with Gasteiger partial charge in [0.25, 0.3) is 0 Å². The summed E-state index contributed by atoms with van der Waals surface area (Å²) in [5, 5.41) is 4.85. The van der Waals surface area contributed by atoms with E-state index in [-0.39, 0.29) is 10.8 Å². The average Bonchev–Trinajstić information content (AvgIpc) is 3.12. The molecule has 2 aliphatic carbocycles. The summed E-state index contributed by atoms with van der Waals surface area (Å²) >= 11 is 0. The highest BCUT2D eigenvalue weighted by molar-refractivity contribution is 5.75. The van der Waals surface area contributed by atoms with Crippen molar-refractivity contribution in [1.29, 1.82) is 0 Å². The van der Waals surface area contributed by atoms with Crippen LogP contribution in [-0.4, -0.2) is 0 Å². The van der Waals surface area contributed by atoms with Crippen molar-refractivity contribution in [1.82, 2.24) is 0 Å². The maximum atomic E-state index is 7.53. The maximum Gasteiger partial charge on any atom is 0.113 e. The number of aryl methyl sites for hydroxylation is 4. The standard InChI is InChI=1S/C50H46O/c1-33-17-7-11-21-37(33)39-23-15-25-41-43(39)29-49(5,45-27-13-9-19-35(45)3)31-47(41)51-48-32-50(6,46-28-14-10-20-36(46)4)30-44-40(24-16-26-42(44)48)38-22-12-8-18-34(38)2/h7-30H,31-32H2,1-6H3. The van der Waals surface area contributed by atoms with Gasteiger partial charge in [-0.1, -0.05) is 159 Å². The largest absolute Gasteiger partial charge is 0.465 e. The van der Waals surface area contributed by atoms with Crippen molar-refractivity contribution in [3.05, 3.63) is 188 Å². The highest BCUT2D eigenvalue weighted by Crippen LogP contribution is 2.41. The molecule has 2 aliphatic rings. The lowest BCUT2D eigenvalue weighted by Crippen LogP contribution is -2.42. The van der Waals surface area contributed by atoms with Gasteiger partial charge in [-0.2, -0.15) is 0 Å². The van der Waals surface area contributed by atoms with E-state index in [1.54, 1.807) is 0 Å². The number of benzene rings is 6. The number of fused-ring (bicyclic) bond motifs is 2. The zero-order valence-corrected chi connectivity index (χ0v) is 30.7. The van der Waals surface area contributed by atoms with Crippen LogP contribution in [0.3, 0.4) is 0 Å². The van der Waals surface area contributed by atoms with E-state index in [4.69, 9.17) is 4.74 Å². The van der Waals surface area contributed by atoms with E-state index in [2.05, 4.69) is 187 Å². The Balaban J connectivity index is 1.41. The molecule has 1 nitrogen and oxygen atoms in total. The van der Waals surface area contributed by atoms with Crippen molar-refractivity contribution in [2.24, 2.45) is 0 Å². The van der Waals surface area contributed by atoms with E-state index in [9.17, 15) is 0 Å². The third kappa shape index (κ3) is 5.75. The van der Waals surface area contributed by atoms with Gasteiger partial charge in [0, 0.05) is 34.1 Å². The van der Waals surface area contributed by atoms with Gasteiger partial charge >= 0.3 is 0 Å². The Morgan fingerprint density at radius 3 is 1.14 bits per heavy atom. The first-order valence-electron chi connectivity index (χ1n) is 18.3. The van der Waals surface area contributed by atoms with Gasteiger partial charge in [0.15, 0.2) is 0 Å². The molecule has 6 aromatic carbocycles. The molecule has 0 saturated heterocycles. The zero-order valence-electron chi connectivity index (χ0n) is 30.7. The van der Waals surface area contributed by atoms with Crippen LogP contribution in [0.4, 0.5) is 0 Å². The van der Waals surface area contributed by atoms with Gasteiger partial charge < -0.3 is 4.74 Å². The lowest BCUT2D eigenvalue weighted by Gasteiger charge is -2.36. The first-order valence-corrected chi connectivity index (χ1v) is 18.3. The first-order chi connectivity index (χ1) is 24.6. The van der Waals surface area contributed by atoms with Crippen LogP contribution >= 0.6 is 0 Å². The van der Waals surface area contributed by atoms with E-state index < -0.39 is 0 Å². The summed E-state index contributed by atoms with van der Waals surface area (Å²) in [6.45, 7) is 13.7. The van der Waals surface area contributed by atoms with E-state index in [1.165, 1.54) is 76.5 Å². The molecule has 0 radical (unpaired) electrons. The average molecular weight is 663 g/mol. The van der Waals surface area contributed by atoms with E-state index in [1.807, 2.05) is 0 Å². The Labute approximate surface area is 302 Å². The van der Waals surface area contributed by atoms with Crippen LogP contribution in [0.5, 0.6) is 0 Å². The van der Waals surface area contributed by atoms with E-state index in [0.29, 0.717) is 0 Å². The summed E-state index contributed by atoms with van der Waals surface area (Å²) in [6, 6.07) is 48.7. The molecule has 0 aliphatic heterocycles. The maximum absolute atomic E-state index is 7.53. The van der Waals surface area contributed by atoms with Crippen LogP contribution in [0.15, 0.2) is 133 Å². The summed E-state index contributed by atoms with van der Waals surface area (Å²) in [4.78, 5) is 0. The van der Waals surface area contributed by atoms with Gasteiger partial charge in [-0.05, 0) is 93.8 Å². The normalized spacial score (nSPS) is 19.4. The van der Waals surface area contributed by atoms with Crippen LogP contribution in [0.2, 0.25) is 0 Å². The predicted molar refractivity (Wildman–Crippen MR) is 215 cm³/mol. The molecule has 0 N–H and O–H groups in total. The molecule has 1 heteroatoms. The third-order valence-corrected chi connectivity index (χ3v) is 11.4. The number of ether oxygens (including phenoxy) is 1. The topological polar surface area (TPSA) is 9.23 Å². The molecule has 0 fully saturated rings. The molecular formula is C50H46O. The van der Waals surface area contributed by atoms with E-state index in [0.717, 1.165) is 24.4 Å². The van der Waals surface area contributed by atoms with Crippen LogP contribution in [0.1, 0.15) is 60.1 Å². The second-order valence-electron chi connectivity index (χ2n) is 15.2. The zero-order chi connectivity index (χ0) is 35.3. The summed E-state index contributed by atoms with van der Waals surface area (Å²) < 4.78 is 7.53. The quantitative estimate of drug-likeness (QED) is 0.173. The molecular weight excluding hydrogens is 617 g/mol. The van der Waals surface area contributed by atoms with Gasteiger partial charge in [-0.25, -0.2) is 0 Å². The molecule has 8 rings (SSSR count). The van der Waals surface area contributed by atoms with Crippen molar-refractivity contribution in [2.75, 3.05) is 0 Å². The molecule has 2 atom stereocenters. The Kier molecular flexibility index (Phi) is 8.19. The lowest BCUT2D eigenvalue weighted by molar-refractivity contribution is 0.380. The van der Waals surface area contributed by atoms with Crippen LogP contribution in [-0.2, 0) is 15.6 Å². The fraction of sp³-hybridized carbons (Fsp3) is 0.200. The number of hydrogen-bond donors (Lipinski definition) is 0. The highest BCUT2D eigenvalue weighted by atomic mass is 16.5. The first kappa shape index (κ1) is 32.8. The molecule has 2 unspecified atom stereocenters. The molecule has 0 heterocycles. The van der Waals surface area contributed by atoms with Crippen molar-refractivity contribution < 1.29 is 4.74 Å². The molecule has 0 spiro atoms. The Hall–Kier alpha value is -5.40. The van der Waals surface area contributed by atoms with Crippen LogP contribution < -0.4 is 20.9 Å². The van der Waals surface area contributed by atoms with Crippen molar-refractivity contribution in [3.8, 4) is 22.3 Å². The number of hydrogen-bond acceptors (Lipinski definition) is 1. The second-order valence-corrected chi connectivity index (χ2v) is 15.2. The molecule has 51 heavy (non-hydrogen) atoms. The third-order valence-electron chi connectivity index (χ3n) is 11.4. The molecule has 0 amide bonds. The van der Waals surface area contributed by atoms with Crippen LogP contribution in [0.25, 0.3) is 45.9 Å². The Bertz CT molecular complexity index is 2410. The van der Waals surface area contributed by atoms with Gasteiger partial charge in [-0.3, -0.25) is 0 Å². The van der Waals surface area contributed by atoms with Gasteiger partial charge in [0.2, 0.25) is 0 Å². The molecule has 0 bridgehead atoms. The Morgan fingerprint density at radius 1 is 0.392 bits per heavy atom.